The van der Waals surface area contributed by atoms with E-state index in [1.165, 1.54) is 0 Å². The molecule has 0 radical (unpaired) electrons. The molecule has 0 aliphatic carbocycles. The van der Waals surface area contributed by atoms with Crippen LogP contribution in [0.15, 0.2) is 36.4 Å². The molecule has 1 N–H and O–H groups in total. The van der Waals surface area contributed by atoms with Crippen molar-refractivity contribution in [1.82, 2.24) is 4.90 Å². The van der Waals surface area contributed by atoms with Gasteiger partial charge in [0.05, 0.1) is 0 Å². The predicted octanol–water partition coefficient (Wildman–Crippen LogP) is 3.59. The van der Waals surface area contributed by atoms with E-state index in [2.05, 4.69) is 4.90 Å². The van der Waals surface area contributed by atoms with E-state index in [0.717, 1.165) is 35.8 Å². The van der Waals surface area contributed by atoms with Gasteiger partial charge in [-0.25, -0.2) is 4.39 Å². The summed E-state index contributed by atoms with van der Waals surface area (Å²) in [7, 11) is 0. The Morgan fingerprint density at radius 2 is 1.96 bits per heavy atom. The standard InChI is InChI=1S/C21H24FNO4/c22-17-11-13-23(14-17)12-10-16-5-1-4-15-6-2-7-18(21(15)16)27-20(26)9-3-8-19(24)25/h1-2,4-7,17H,3,8-14H2,(H,24,25)/t17-/m1/s1. The van der Waals surface area contributed by atoms with Crippen LogP contribution in [-0.2, 0) is 16.0 Å². The molecule has 6 heteroatoms. The number of benzene rings is 2. The summed E-state index contributed by atoms with van der Waals surface area (Å²) in [6.07, 6.45) is 0.870. The zero-order chi connectivity index (χ0) is 19.2. The molecule has 0 amide bonds. The van der Waals surface area contributed by atoms with Gasteiger partial charge >= 0.3 is 11.9 Å². The molecule has 2 aromatic rings. The summed E-state index contributed by atoms with van der Waals surface area (Å²) >= 11 is 0. The maximum Gasteiger partial charge on any atom is 0.311 e. The van der Waals surface area contributed by atoms with Crippen molar-refractivity contribution in [1.29, 1.82) is 0 Å². The fraction of sp³-hybridized carbons (Fsp3) is 0.429. The second-order valence-corrected chi connectivity index (χ2v) is 6.93. The number of carboxylic acid groups (broad SMARTS) is 1. The molecule has 1 fully saturated rings. The Balaban J connectivity index is 1.73. The van der Waals surface area contributed by atoms with Gasteiger partial charge in [-0.05, 0) is 36.3 Å². The number of esters is 1. The third-order valence-corrected chi connectivity index (χ3v) is 4.86. The zero-order valence-corrected chi connectivity index (χ0v) is 15.2. The van der Waals surface area contributed by atoms with Crippen molar-refractivity contribution in [2.45, 2.75) is 38.3 Å². The Bertz CT molecular complexity index is 818. The van der Waals surface area contributed by atoms with Crippen molar-refractivity contribution in [3.05, 3.63) is 42.0 Å². The fourth-order valence-corrected chi connectivity index (χ4v) is 3.50. The number of ether oxygens (including phenoxy) is 1. The van der Waals surface area contributed by atoms with Gasteiger partial charge in [0.15, 0.2) is 0 Å². The SMILES string of the molecule is O=C(O)CCCC(=O)Oc1cccc2cccc(CCN3CC[C@@H](F)C3)c12. The van der Waals surface area contributed by atoms with E-state index in [-0.39, 0.29) is 19.3 Å². The minimum atomic E-state index is -0.923. The van der Waals surface area contributed by atoms with Crippen LogP contribution in [0.2, 0.25) is 0 Å². The fourth-order valence-electron chi connectivity index (χ4n) is 3.50. The van der Waals surface area contributed by atoms with Gasteiger partial charge < -0.3 is 14.7 Å². The minimum absolute atomic E-state index is 0.0543. The van der Waals surface area contributed by atoms with Crippen LogP contribution in [0.4, 0.5) is 4.39 Å². The Hall–Kier alpha value is -2.47. The Labute approximate surface area is 157 Å². The summed E-state index contributed by atoms with van der Waals surface area (Å²) in [4.78, 5) is 24.8. The minimum Gasteiger partial charge on any atom is -0.481 e. The second-order valence-electron chi connectivity index (χ2n) is 6.93. The maximum absolute atomic E-state index is 13.4. The van der Waals surface area contributed by atoms with E-state index in [0.29, 0.717) is 18.7 Å². The van der Waals surface area contributed by atoms with Gasteiger partial charge in [-0.15, -0.1) is 0 Å². The van der Waals surface area contributed by atoms with Crippen LogP contribution in [0.3, 0.4) is 0 Å². The topological polar surface area (TPSA) is 66.8 Å². The summed E-state index contributed by atoms with van der Waals surface area (Å²) in [5.41, 5.74) is 1.06. The number of likely N-dealkylation sites (tertiary alicyclic amines) is 1. The molecule has 144 valence electrons. The summed E-state index contributed by atoms with van der Waals surface area (Å²) < 4.78 is 18.9. The lowest BCUT2D eigenvalue weighted by Crippen LogP contribution is -2.23. The largest absolute Gasteiger partial charge is 0.481 e. The number of carbonyl (C=O) groups is 2. The van der Waals surface area contributed by atoms with E-state index in [9.17, 15) is 14.0 Å². The Morgan fingerprint density at radius 1 is 1.19 bits per heavy atom. The highest BCUT2D eigenvalue weighted by Crippen LogP contribution is 2.30. The summed E-state index contributed by atoms with van der Waals surface area (Å²) in [6.45, 7) is 2.02. The van der Waals surface area contributed by atoms with Crippen LogP contribution in [0.5, 0.6) is 5.75 Å². The van der Waals surface area contributed by atoms with E-state index in [1.807, 2.05) is 30.3 Å². The van der Waals surface area contributed by atoms with Gasteiger partial charge in [0.25, 0.3) is 0 Å². The number of aliphatic carboxylic acids is 1. The first-order valence-corrected chi connectivity index (χ1v) is 9.32. The molecule has 27 heavy (non-hydrogen) atoms. The summed E-state index contributed by atoms with van der Waals surface area (Å²) in [5.74, 6) is -0.862. The van der Waals surface area contributed by atoms with Gasteiger partial charge in [0.2, 0.25) is 0 Å². The van der Waals surface area contributed by atoms with E-state index >= 15 is 0 Å². The van der Waals surface area contributed by atoms with Crippen molar-refractivity contribution < 1.29 is 23.8 Å². The van der Waals surface area contributed by atoms with Crippen LogP contribution >= 0.6 is 0 Å². The molecule has 0 aromatic heterocycles. The number of fused-ring (bicyclic) bond motifs is 1. The van der Waals surface area contributed by atoms with Gasteiger partial charge in [0, 0.05) is 37.9 Å². The monoisotopic (exact) mass is 373 g/mol. The molecule has 5 nitrogen and oxygen atoms in total. The number of hydrogen-bond acceptors (Lipinski definition) is 4. The molecule has 1 saturated heterocycles. The lowest BCUT2D eigenvalue weighted by molar-refractivity contribution is -0.137. The van der Waals surface area contributed by atoms with Crippen molar-refractivity contribution in [3.8, 4) is 5.75 Å². The molecule has 0 bridgehead atoms. The normalized spacial score (nSPS) is 17.3. The first kappa shape index (κ1) is 19.3. The smallest absolute Gasteiger partial charge is 0.311 e. The van der Waals surface area contributed by atoms with Gasteiger partial charge in [-0.2, -0.15) is 0 Å². The van der Waals surface area contributed by atoms with E-state index < -0.39 is 18.1 Å². The van der Waals surface area contributed by atoms with Crippen LogP contribution in [0.25, 0.3) is 10.8 Å². The van der Waals surface area contributed by atoms with Crippen molar-refractivity contribution in [2.24, 2.45) is 0 Å². The Morgan fingerprint density at radius 3 is 2.67 bits per heavy atom. The van der Waals surface area contributed by atoms with Crippen LogP contribution < -0.4 is 4.74 Å². The highest BCUT2D eigenvalue weighted by atomic mass is 19.1. The van der Waals surface area contributed by atoms with Crippen LogP contribution in [0, 0.1) is 0 Å². The average Bonchev–Trinajstić information content (AvgIpc) is 3.05. The van der Waals surface area contributed by atoms with E-state index in [1.54, 1.807) is 6.07 Å². The first-order chi connectivity index (χ1) is 13.0. The molecule has 1 atom stereocenters. The average molecular weight is 373 g/mol. The molecular formula is C21H24FNO4. The number of nitrogens with zero attached hydrogens (tertiary/aromatic N) is 1. The number of alkyl halides is 1. The maximum atomic E-state index is 13.4. The molecule has 1 aliphatic heterocycles. The van der Waals surface area contributed by atoms with Gasteiger partial charge in [0.1, 0.15) is 11.9 Å². The summed E-state index contributed by atoms with van der Waals surface area (Å²) in [5, 5.41) is 10.6. The highest BCUT2D eigenvalue weighted by Gasteiger charge is 2.21. The first-order valence-electron chi connectivity index (χ1n) is 9.32. The highest BCUT2D eigenvalue weighted by molar-refractivity contribution is 5.93. The van der Waals surface area contributed by atoms with Crippen molar-refractivity contribution >= 4 is 22.7 Å². The van der Waals surface area contributed by atoms with Gasteiger partial charge in [-0.1, -0.05) is 30.3 Å². The van der Waals surface area contributed by atoms with Crippen LogP contribution in [-0.4, -0.2) is 47.8 Å². The Kier molecular flexibility index (Phi) is 6.40. The number of halogens is 1. The molecule has 1 aliphatic rings. The molecule has 3 rings (SSSR count). The number of carboxylic acids is 1. The number of hydrogen-bond donors (Lipinski definition) is 1. The quantitative estimate of drug-likeness (QED) is 0.566. The number of carbonyl (C=O) groups excluding carboxylic acids is 1. The molecule has 0 saturated carbocycles. The van der Waals surface area contributed by atoms with Crippen LogP contribution in [0.1, 0.15) is 31.2 Å². The third-order valence-electron chi connectivity index (χ3n) is 4.86. The predicted molar refractivity (Wildman–Crippen MR) is 101 cm³/mol. The lowest BCUT2D eigenvalue weighted by Gasteiger charge is -2.16. The lowest BCUT2D eigenvalue weighted by atomic mass is 10.0. The molecule has 0 unspecified atom stereocenters. The molecular weight excluding hydrogens is 349 g/mol. The van der Waals surface area contributed by atoms with E-state index in [4.69, 9.17) is 9.84 Å². The second kappa shape index (κ2) is 8.95. The summed E-state index contributed by atoms with van der Waals surface area (Å²) in [6, 6.07) is 11.5. The van der Waals surface area contributed by atoms with Gasteiger partial charge in [-0.3, -0.25) is 9.59 Å². The number of rotatable bonds is 8. The van der Waals surface area contributed by atoms with Crippen molar-refractivity contribution in [2.75, 3.05) is 19.6 Å². The molecule has 2 aromatic carbocycles. The molecule has 0 spiro atoms. The molecule has 1 heterocycles. The third kappa shape index (κ3) is 5.26. The zero-order valence-electron chi connectivity index (χ0n) is 15.2. The van der Waals surface area contributed by atoms with Crippen molar-refractivity contribution in [3.63, 3.8) is 0 Å².